The van der Waals surface area contributed by atoms with Crippen LogP contribution in [0, 0.1) is 6.92 Å². The topological polar surface area (TPSA) is 162 Å². The summed E-state index contributed by atoms with van der Waals surface area (Å²) >= 11 is 12.6. The number of hydrogen-bond acceptors (Lipinski definition) is 10. The average Bonchev–Trinajstić information content (AvgIpc) is 3.72. The zero-order valence-electron chi connectivity index (χ0n) is 25.1. The number of carboxylic acids is 1. The molecule has 5 rings (SSSR count). The number of carbonyl (C=O) groups is 2. The van der Waals surface area contributed by atoms with Crippen LogP contribution in [0.3, 0.4) is 0 Å². The van der Waals surface area contributed by atoms with Gasteiger partial charge in [-0.15, -0.1) is 0 Å². The third-order valence-electron chi connectivity index (χ3n) is 7.32. The third kappa shape index (κ3) is 7.88. The van der Waals surface area contributed by atoms with Gasteiger partial charge >= 0.3 is 5.97 Å². The number of amides is 1. The summed E-state index contributed by atoms with van der Waals surface area (Å²) in [5.41, 5.74) is 1.54. The van der Waals surface area contributed by atoms with Gasteiger partial charge in [0.15, 0.2) is 11.6 Å². The number of halogens is 2. The molecule has 5 N–H and O–H groups in total. The van der Waals surface area contributed by atoms with E-state index in [1.54, 1.807) is 49.4 Å². The van der Waals surface area contributed by atoms with Gasteiger partial charge in [0.05, 0.1) is 42.6 Å². The summed E-state index contributed by atoms with van der Waals surface area (Å²) in [5, 5.41) is 29.2. The highest BCUT2D eigenvalue weighted by molar-refractivity contribution is 6.35. The number of anilines is 4. The number of hydrogen-bond donors (Lipinski definition) is 5. The molecule has 1 aliphatic rings. The van der Waals surface area contributed by atoms with Gasteiger partial charge in [-0.05, 0) is 62.2 Å². The van der Waals surface area contributed by atoms with Gasteiger partial charge in [0.25, 0.3) is 0 Å². The fourth-order valence-corrected chi connectivity index (χ4v) is 5.61. The Morgan fingerprint density at radius 2 is 1.93 bits per heavy atom. The Kier molecular flexibility index (Phi) is 11.0. The Hall–Kier alpha value is -4.36. The van der Waals surface area contributed by atoms with E-state index in [0.29, 0.717) is 75.5 Å². The van der Waals surface area contributed by atoms with E-state index in [2.05, 4.69) is 20.9 Å². The van der Waals surface area contributed by atoms with Crippen LogP contribution in [0.4, 0.5) is 23.0 Å². The predicted molar refractivity (Wildman–Crippen MR) is 176 cm³/mol. The van der Waals surface area contributed by atoms with Crippen molar-refractivity contribution in [1.82, 2.24) is 15.3 Å². The lowest BCUT2D eigenvalue weighted by atomic mass is 10.1. The van der Waals surface area contributed by atoms with E-state index in [1.165, 1.54) is 6.07 Å². The van der Waals surface area contributed by atoms with Crippen molar-refractivity contribution in [2.75, 3.05) is 48.4 Å². The molecule has 4 aromatic rings. The minimum Gasteiger partial charge on any atom is -0.478 e. The maximum absolute atomic E-state index is 13.3. The molecule has 46 heavy (non-hydrogen) atoms. The van der Waals surface area contributed by atoms with Crippen molar-refractivity contribution in [3.8, 4) is 11.3 Å². The maximum Gasteiger partial charge on any atom is 0.337 e. The van der Waals surface area contributed by atoms with Crippen molar-refractivity contribution in [3.05, 3.63) is 81.8 Å². The van der Waals surface area contributed by atoms with Gasteiger partial charge in [-0.2, -0.15) is 0 Å². The van der Waals surface area contributed by atoms with Crippen molar-refractivity contribution in [1.29, 1.82) is 0 Å². The molecule has 0 bridgehead atoms. The van der Waals surface area contributed by atoms with Crippen LogP contribution < -0.4 is 20.9 Å². The first kappa shape index (κ1) is 33.0. The smallest absolute Gasteiger partial charge is 0.337 e. The minimum absolute atomic E-state index is 0.0715. The zero-order valence-corrected chi connectivity index (χ0v) is 26.6. The number of nitrogens with one attached hydrogen (secondary N) is 3. The molecule has 2 aromatic carbocycles. The van der Waals surface area contributed by atoms with Gasteiger partial charge in [-0.3, -0.25) is 4.79 Å². The number of para-hydroxylation sites is 1. The summed E-state index contributed by atoms with van der Waals surface area (Å²) in [6.45, 7) is 3.19. The van der Waals surface area contributed by atoms with Crippen LogP contribution in [0.2, 0.25) is 10.0 Å². The lowest BCUT2D eigenvalue weighted by Gasteiger charge is -2.28. The molecule has 1 aliphatic heterocycles. The van der Waals surface area contributed by atoms with Crippen LogP contribution in [0.15, 0.2) is 59.0 Å². The lowest BCUT2D eigenvalue weighted by molar-refractivity contribution is -0.122. The van der Waals surface area contributed by atoms with E-state index >= 15 is 0 Å². The maximum atomic E-state index is 13.3. The Labute approximate surface area is 275 Å². The number of aromatic carboxylic acids is 1. The highest BCUT2D eigenvalue weighted by atomic mass is 35.5. The van der Waals surface area contributed by atoms with Gasteiger partial charge in [0.1, 0.15) is 29.1 Å². The second-order valence-corrected chi connectivity index (χ2v) is 11.4. The number of carbonyl (C=O) groups excluding carboxylic acids is 1. The Balaban J connectivity index is 1.47. The van der Waals surface area contributed by atoms with Gasteiger partial charge in [-0.25, -0.2) is 14.8 Å². The molecule has 1 unspecified atom stereocenters. The van der Waals surface area contributed by atoms with Gasteiger partial charge in [0, 0.05) is 23.7 Å². The van der Waals surface area contributed by atoms with Gasteiger partial charge in [-0.1, -0.05) is 35.3 Å². The van der Waals surface area contributed by atoms with Crippen molar-refractivity contribution in [2.45, 2.75) is 32.4 Å². The quantitative estimate of drug-likeness (QED) is 0.108. The Bertz CT molecular complexity index is 1700. The average molecular weight is 670 g/mol. The number of ether oxygens (including phenoxy) is 1. The standard InChI is InChI=1S/C32H34Cl2N6O6/c1-19-37-29(39-25-6-3-2-5-22(25)32(43)44)28(36-18-21-9-11-27(46-21)23-17-20(33)8-10-24(23)34)30(38-19)40-13-4-7-26(40)31(42)35-12-15-45-16-14-41/h2-3,5-6,8-11,17,26,36,41H,4,7,12-16,18H2,1H3,(H,35,42)(H,43,44)(H,37,38,39). The number of aryl methyl sites for hydroxylation is 1. The van der Waals surface area contributed by atoms with Crippen molar-refractivity contribution >= 4 is 58.1 Å². The molecular weight excluding hydrogens is 635 g/mol. The fraction of sp³-hybridized carbons (Fsp3) is 0.312. The van der Waals surface area contributed by atoms with Crippen molar-refractivity contribution in [2.24, 2.45) is 0 Å². The number of rotatable bonds is 14. The second-order valence-electron chi connectivity index (χ2n) is 10.5. The molecule has 0 aliphatic carbocycles. The molecule has 1 amide bonds. The summed E-state index contributed by atoms with van der Waals surface area (Å²) in [6, 6.07) is 14.8. The third-order valence-corrected chi connectivity index (χ3v) is 7.88. The molecule has 0 saturated carbocycles. The van der Waals surface area contributed by atoms with Crippen LogP contribution in [-0.2, 0) is 16.1 Å². The SMILES string of the molecule is Cc1nc(Nc2ccccc2C(=O)O)c(NCc2ccc(-c3cc(Cl)ccc3Cl)o2)c(N2CCCC2C(=O)NCCOCCO)n1. The molecule has 2 aromatic heterocycles. The Morgan fingerprint density at radius 3 is 2.74 bits per heavy atom. The molecule has 0 radical (unpaired) electrons. The molecule has 1 fully saturated rings. The first-order valence-electron chi connectivity index (χ1n) is 14.7. The van der Waals surface area contributed by atoms with E-state index in [1.807, 2.05) is 11.0 Å². The van der Waals surface area contributed by atoms with Crippen molar-refractivity contribution in [3.63, 3.8) is 0 Å². The van der Waals surface area contributed by atoms with Crippen LogP contribution in [0.5, 0.6) is 0 Å². The highest BCUT2D eigenvalue weighted by Gasteiger charge is 2.34. The molecule has 14 heteroatoms. The molecule has 1 saturated heterocycles. The molecule has 3 heterocycles. The predicted octanol–water partition coefficient (Wildman–Crippen LogP) is 5.50. The summed E-state index contributed by atoms with van der Waals surface area (Å²) < 4.78 is 11.4. The van der Waals surface area contributed by atoms with E-state index in [4.69, 9.17) is 42.4 Å². The number of aromatic nitrogens is 2. The number of nitrogens with zero attached hydrogens (tertiary/aromatic N) is 3. The molecule has 242 valence electrons. The van der Waals surface area contributed by atoms with Gasteiger partial charge in [0.2, 0.25) is 5.91 Å². The highest BCUT2D eigenvalue weighted by Crippen LogP contribution is 2.38. The Morgan fingerprint density at radius 1 is 1.11 bits per heavy atom. The monoisotopic (exact) mass is 668 g/mol. The fourth-order valence-electron chi connectivity index (χ4n) is 5.23. The van der Waals surface area contributed by atoms with E-state index < -0.39 is 12.0 Å². The van der Waals surface area contributed by atoms with Crippen molar-refractivity contribution < 1.29 is 29.0 Å². The number of benzene rings is 2. The van der Waals surface area contributed by atoms with Crippen LogP contribution in [0.25, 0.3) is 11.3 Å². The largest absolute Gasteiger partial charge is 0.478 e. The molecule has 0 spiro atoms. The van der Waals surface area contributed by atoms with E-state index in [0.717, 1.165) is 6.42 Å². The minimum atomic E-state index is -1.09. The van der Waals surface area contributed by atoms with Crippen LogP contribution in [0.1, 0.15) is 34.8 Å². The van der Waals surface area contributed by atoms with E-state index in [-0.39, 0.29) is 37.8 Å². The molecule has 1 atom stereocenters. The summed E-state index contributed by atoms with van der Waals surface area (Å²) in [6.07, 6.45) is 1.37. The summed E-state index contributed by atoms with van der Waals surface area (Å²) in [5.74, 6) is 1.10. The zero-order chi connectivity index (χ0) is 32.6. The van der Waals surface area contributed by atoms with Gasteiger partial charge < -0.3 is 40.2 Å². The van der Waals surface area contributed by atoms with Crippen LogP contribution in [-0.4, -0.2) is 71.0 Å². The number of carboxylic acid groups (broad SMARTS) is 1. The molecule has 12 nitrogen and oxygen atoms in total. The first-order valence-corrected chi connectivity index (χ1v) is 15.5. The molecular formula is C32H34Cl2N6O6. The number of furan rings is 1. The first-order chi connectivity index (χ1) is 22.2. The summed E-state index contributed by atoms with van der Waals surface area (Å²) in [7, 11) is 0. The van der Waals surface area contributed by atoms with Crippen LogP contribution >= 0.6 is 23.2 Å². The van der Waals surface area contributed by atoms with E-state index in [9.17, 15) is 14.7 Å². The number of aliphatic hydroxyl groups is 1. The summed E-state index contributed by atoms with van der Waals surface area (Å²) in [4.78, 5) is 36.6. The number of aliphatic hydroxyl groups excluding tert-OH is 1. The lowest BCUT2D eigenvalue weighted by Crippen LogP contribution is -2.45. The second kappa shape index (κ2) is 15.3. The normalized spacial score (nSPS) is 14.3.